The van der Waals surface area contributed by atoms with Crippen LogP contribution in [0.1, 0.15) is 11.4 Å². The van der Waals surface area contributed by atoms with Crippen LogP contribution in [-0.2, 0) is 10.0 Å². The second kappa shape index (κ2) is 8.88. The number of methoxy groups -OCH3 is 1. The van der Waals surface area contributed by atoms with Crippen molar-refractivity contribution in [3.63, 3.8) is 0 Å². The Morgan fingerprint density at radius 1 is 1.24 bits per heavy atom. The maximum atomic E-state index is 13.1. The number of aryl methyl sites for hydroxylation is 1. The zero-order chi connectivity index (χ0) is 23.6. The zero-order valence-corrected chi connectivity index (χ0v) is 19.1. The van der Waals surface area contributed by atoms with Gasteiger partial charge in [0.05, 0.1) is 35.3 Å². The number of aromatic nitrogens is 2. The van der Waals surface area contributed by atoms with E-state index >= 15 is 0 Å². The highest BCUT2D eigenvalue weighted by Gasteiger charge is 2.23. The number of nitro groups is 1. The molecule has 2 aromatic heterocycles. The molecule has 13 heteroatoms. The molecule has 2 heterocycles. The van der Waals surface area contributed by atoms with Gasteiger partial charge in [0, 0.05) is 29.4 Å². The number of nitro benzene ring substituents is 1. The molecule has 0 saturated carbocycles. The van der Waals surface area contributed by atoms with E-state index in [0.29, 0.717) is 5.75 Å². The molecule has 0 aliphatic rings. The molecule has 0 radical (unpaired) electrons. The van der Waals surface area contributed by atoms with Crippen molar-refractivity contribution in [3.8, 4) is 5.75 Å². The minimum atomic E-state index is -4.19. The summed E-state index contributed by atoms with van der Waals surface area (Å²) in [5.74, 6) is 0.555. The molecule has 2 N–H and O–H groups in total. The molecule has 0 saturated heterocycles. The normalized spacial score (nSPS) is 11.7. The molecule has 2 aromatic carbocycles. The van der Waals surface area contributed by atoms with Gasteiger partial charge in [-0.05, 0) is 37.3 Å². The fourth-order valence-corrected chi connectivity index (χ4v) is 5.04. The fraction of sp³-hybridized carbons (Fsp3) is 0.100. The molecule has 0 fully saturated rings. The minimum Gasteiger partial charge on any atom is -0.497 e. The molecule has 0 spiro atoms. The van der Waals surface area contributed by atoms with Gasteiger partial charge in [-0.1, -0.05) is 0 Å². The van der Waals surface area contributed by atoms with E-state index in [1.807, 2.05) is 22.9 Å². The lowest BCUT2D eigenvalue weighted by Gasteiger charge is -2.12. The summed E-state index contributed by atoms with van der Waals surface area (Å²) in [4.78, 5) is 15.5. The van der Waals surface area contributed by atoms with Crippen molar-refractivity contribution in [2.75, 3.05) is 17.3 Å². The molecule has 0 aliphatic carbocycles. The van der Waals surface area contributed by atoms with Crippen molar-refractivity contribution in [1.82, 2.24) is 9.38 Å². The quantitative estimate of drug-likeness (QED) is 0.219. The van der Waals surface area contributed by atoms with E-state index in [9.17, 15) is 18.5 Å². The molecule has 0 bridgehead atoms. The second-order valence-electron chi connectivity index (χ2n) is 6.78. The number of imidazole rings is 1. The summed E-state index contributed by atoms with van der Waals surface area (Å²) in [6, 6.07) is 9.69. The monoisotopic (exact) mass is 486 g/mol. The van der Waals surface area contributed by atoms with Crippen molar-refractivity contribution in [2.24, 2.45) is 5.10 Å². The van der Waals surface area contributed by atoms with Crippen LogP contribution in [0.25, 0.3) is 4.96 Å². The van der Waals surface area contributed by atoms with E-state index in [1.165, 1.54) is 48.9 Å². The topological polar surface area (TPSA) is 140 Å². The highest BCUT2D eigenvalue weighted by atomic mass is 32.2. The minimum absolute atomic E-state index is 0.0709. The van der Waals surface area contributed by atoms with Gasteiger partial charge in [0.25, 0.3) is 15.7 Å². The number of benzene rings is 2. The van der Waals surface area contributed by atoms with E-state index in [0.717, 1.165) is 22.4 Å². The first-order chi connectivity index (χ1) is 15.8. The largest absolute Gasteiger partial charge is 0.497 e. The van der Waals surface area contributed by atoms with Crippen LogP contribution in [0.3, 0.4) is 0 Å². The first-order valence-corrected chi connectivity index (χ1v) is 11.8. The SMILES string of the molecule is COc1ccc(NS(=O)(=O)c2cc([N+](=O)[O-])ccc2N/N=C/c2c(C)nc3sccn23)cc1. The Morgan fingerprint density at radius 2 is 2.00 bits per heavy atom. The summed E-state index contributed by atoms with van der Waals surface area (Å²) in [7, 11) is -2.69. The number of thiazole rings is 1. The van der Waals surface area contributed by atoms with Gasteiger partial charge in [0.1, 0.15) is 10.6 Å². The number of hydrogen-bond donors (Lipinski definition) is 2. The van der Waals surface area contributed by atoms with Gasteiger partial charge in [0.15, 0.2) is 4.96 Å². The van der Waals surface area contributed by atoms with Crippen LogP contribution >= 0.6 is 11.3 Å². The number of fused-ring (bicyclic) bond motifs is 1. The number of hydrazone groups is 1. The van der Waals surface area contributed by atoms with Gasteiger partial charge in [-0.25, -0.2) is 13.4 Å². The first-order valence-electron chi connectivity index (χ1n) is 9.45. The number of anilines is 2. The van der Waals surface area contributed by atoms with Crippen molar-refractivity contribution in [2.45, 2.75) is 11.8 Å². The predicted molar refractivity (Wildman–Crippen MR) is 126 cm³/mol. The average molecular weight is 487 g/mol. The molecule has 170 valence electrons. The molecule has 11 nitrogen and oxygen atoms in total. The van der Waals surface area contributed by atoms with Gasteiger partial charge < -0.3 is 4.74 Å². The Bertz CT molecular complexity index is 1460. The highest BCUT2D eigenvalue weighted by molar-refractivity contribution is 7.92. The van der Waals surface area contributed by atoms with Crippen LogP contribution < -0.4 is 14.9 Å². The van der Waals surface area contributed by atoms with Crippen molar-refractivity contribution in [3.05, 3.63) is 75.5 Å². The van der Waals surface area contributed by atoms with E-state index in [2.05, 4.69) is 20.2 Å². The lowest BCUT2D eigenvalue weighted by Crippen LogP contribution is -2.15. The Morgan fingerprint density at radius 3 is 2.70 bits per heavy atom. The standard InChI is InChI=1S/C20H18N6O5S2/c1-13-18(25-9-10-32-20(25)22-13)12-21-23-17-8-5-15(26(27)28)11-19(17)33(29,30)24-14-3-6-16(31-2)7-4-14/h3-12,23-24H,1-2H3/b21-12+. The van der Waals surface area contributed by atoms with Crippen LogP contribution in [0.5, 0.6) is 5.75 Å². The van der Waals surface area contributed by atoms with Crippen LogP contribution in [0.15, 0.2) is 64.0 Å². The molecule has 0 aliphatic heterocycles. The Balaban J connectivity index is 1.66. The van der Waals surface area contributed by atoms with E-state index in [-0.39, 0.29) is 22.0 Å². The van der Waals surface area contributed by atoms with Crippen molar-refractivity contribution < 1.29 is 18.1 Å². The van der Waals surface area contributed by atoms with Gasteiger partial charge in [-0.3, -0.25) is 24.7 Å². The van der Waals surface area contributed by atoms with Crippen LogP contribution in [-0.4, -0.2) is 36.1 Å². The number of nitrogens with zero attached hydrogens (tertiary/aromatic N) is 4. The Kier molecular flexibility index (Phi) is 5.98. The highest BCUT2D eigenvalue weighted by Crippen LogP contribution is 2.29. The van der Waals surface area contributed by atoms with Gasteiger partial charge >= 0.3 is 0 Å². The molecule has 4 aromatic rings. The van der Waals surface area contributed by atoms with Crippen LogP contribution in [0.2, 0.25) is 0 Å². The third-order valence-electron chi connectivity index (χ3n) is 4.66. The maximum absolute atomic E-state index is 13.1. The second-order valence-corrected chi connectivity index (χ2v) is 9.30. The predicted octanol–water partition coefficient (Wildman–Crippen LogP) is 3.87. The summed E-state index contributed by atoms with van der Waals surface area (Å²) >= 11 is 1.48. The van der Waals surface area contributed by atoms with E-state index < -0.39 is 14.9 Å². The number of sulfonamides is 1. The van der Waals surface area contributed by atoms with Gasteiger partial charge in [0.2, 0.25) is 0 Å². The number of non-ortho nitro benzene ring substituents is 1. The molecule has 4 rings (SSSR count). The Hall–Kier alpha value is -3.97. The smallest absolute Gasteiger partial charge is 0.270 e. The third-order valence-corrected chi connectivity index (χ3v) is 6.84. The lowest BCUT2D eigenvalue weighted by atomic mass is 10.3. The molecular formula is C20H18N6O5S2. The van der Waals surface area contributed by atoms with Gasteiger partial charge in [-0.15, -0.1) is 11.3 Å². The third kappa shape index (κ3) is 4.63. The van der Waals surface area contributed by atoms with Crippen molar-refractivity contribution >= 4 is 49.6 Å². The Labute approximate surface area is 192 Å². The summed E-state index contributed by atoms with van der Waals surface area (Å²) in [5.41, 5.74) is 4.13. The van der Waals surface area contributed by atoms with Crippen molar-refractivity contribution in [1.29, 1.82) is 0 Å². The summed E-state index contributed by atoms with van der Waals surface area (Å²) in [6.45, 7) is 1.83. The fourth-order valence-electron chi connectivity index (χ4n) is 3.04. The van der Waals surface area contributed by atoms with Crippen LogP contribution in [0.4, 0.5) is 17.1 Å². The van der Waals surface area contributed by atoms with Gasteiger partial charge in [-0.2, -0.15) is 5.10 Å². The maximum Gasteiger partial charge on any atom is 0.270 e. The summed E-state index contributed by atoms with van der Waals surface area (Å²) in [5, 5.41) is 17.3. The molecule has 0 amide bonds. The summed E-state index contributed by atoms with van der Waals surface area (Å²) in [6.07, 6.45) is 3.36. The molecule has 0 atom stereocenters. The molecular weight excluding hydrogens is 468 g/mol. The number of nitrogens with one attached hydrogen (secondary N) is 2. The zero-order valence-electron chi connectivity index (χ0n) is 17.4. The molecule has 0 unspecified atom stereocenters. The number of ether oxygens (including phenoxy) is 1. The average Bonchev–Trinajstić information content (AvgIpc) is 3.35. The molecule has 33 heavy (non-hydrogen) atoms. The summed E-state index contributed by atoms with van der Waals surface area (Å²) < 4.78 is 35.5. The lowest BCUT2D eigenvalue weighted by molar-refractivity contribution is -0.385. The first kappa shape index (κ1) is 22.2. The number of rotatable bonds is 8. The van der Waals surface area contributed by atoms with Crippen LogP contribution in [0, 0.1) is 17.0 Å². The number of hydrogen-bond acceptors (Lipinski definition) is 9. The van der Waals surface area contributed by atoms with E-state index in [4.69, 9.17) is 4.74 Å². The van der Waals surface area contributed by atoms with E-state index in [1.54, 1.807) is 12.1 Å².